The molecule has 0 radical (unpaired) electrons. The number of hydrogen-bond acceptors (Lipinski definition) is 3. The summed E-state index contributed by atoms with van der Waals surface area (Å²) < 4.78 is 0. The van der Waals surface area contributed by atoms with Gasteiger partial charge in [0.1, 0.15) is 6.17 Å². The third kappa shape index (κ3) is 2.34. The molecule has 0 bridgehead atoms. The highest BCUT2D eigenvalue weighted by molar-refractivity contribution is 6.12. The predicted octanol–water partition coefficient (Wildman–Crippen LogP) is 3.85. The van der Waals surface area contributed by atoms with E-state index in [1.165, 1.54) is 0 Å². The summed E-state index contributed by atoms with van der Waals surface area (Å²) in [7, 11) is 0. The molecule has 1 aliphatic heterocycles. The second-order valence-corrected chi connectivity index (χ2v) is 5.38. The molecule has 1 amide bonds. The monoisotopic (exact) mass is 301 g/mol. The number of nitrogens with one attached hydrogen (secondary N) is 1. The third-order valence-corrected chi connectivity index (χ3v) is 3.98. The van der Waals surface area contributed by atoms with Crippen molar-refractivity contribution in [2.75, 3.05) is 10.2 Å². The Balaban J connectivity index is 1.87. The molecule has 0 unspecified atom stereocenters. The number of anilines is 2. The maximum Gasteiger partial charge on any atom is 0.262 e. The largest absolute Gasteiger partial charge is 0.360 e. The summed E-state index contributed by atoms with van der Waals surface area (Å²) in [5.74, 6) is -0.00707. The SMILES string of the molecule is O=C1c2ccccc2N[C@H](c2ccncc2)N1c1ccccc1. The Kier molecular flexibility index (Phi) is 3.27. The Bertz CT molecular complexity index is 834. The lowest BCUT2D eigenvalue weighted by Gasteiger charge is -2.38. The Labute approximate surface area is 134 Å². The van der Waals surface area contributed by atoms with Crippen molar-refractivity contribution in [3.63, 3.8) is 0 Å². The van der Waals surface area contributed by atoms with Crippen LogP contribution in [0.15, 0.2) is 79.1 Å². The normalized spacial score (nSPS) is 16.6. The summed E-state index contributed by atoms with van der Waals surface area (Å²) in [5.41, 5.74) is 3.39. The zero-order chi connectivity index (χ0) is 15.6. The Morgan fingerprint density at radius 1 is 0.870 bits per heavy atom. The van der Waals surface area contributed by atoms with Crippen LogP contribution in [0.25, 0.3) is 0 Å². The van der Waals surface area contributed by atoms with Gasteiger partial charge in [-0.15, -0.1) is 0 Å². The lowest BCUT2D eigenvalue weighted by Crippen LogP contribution is -2.43. The quantitative estimate of drug-likeness (QED) is 0.782. The summed E-state index contributed by atoms with van der Waals surface area (Å²) in [5, 5.41) is 3.47. The van der Waals surface area contributed by atoms with Crippen molar-refractivity contribution in [2.45, 2.75) is 6.17 Å². The van der Waals surface area contributed by atoms with Crippen LogP contribution in [-0.2, 0) is 0 Å². The highest BCUT2D eigenvalue weighted by Crippen LogP contribution is 2.36. The van der Waals surface area contributed by atoms with Crippen molar-refractivity contribution in [1.29, 1.82) is 0 Å². The highest BCUT2D eigenvalue weighted by atomic mass is 16.2. The summed E-state index contributed by atoms with van der Waals surface area (Å²) in [6, 6.07) is 21.2. The number of benzene rings is 2. The van der Waals surface area contributed by atoms with E-state index in [4.69, 9.17) is 0 Å². The molecule has 23 heavy (non-hydrogen) atoms. The molecule has 0 saturated carbocycles. The predicted molar refractivity (Wildman–Crippen MR) is 90.3 cm³/mol. The number of amides is 1. The molecule has 4 nitrogen and oxygen atoms in total. The van der Waals surface area contributed by atoms with Crippen LogP contribution >= 0.6 is 0 Å². The molecular weight excluding hydrogens is 286 g/mol. The lowest BCUT2D eigenvalue weighted by atomic mass is 10.0. The van der Waals surface area contributed by atoms with Crippen LogP contribution < -0.4 is 10.2 Å². The van der Waals surface area contributed by atoms with Gasteiger partial charge in [0, 0.05) is 23.8 Å². The first-order valence-corrected chi connectivity index (χ1v) is 7.49. The topological polar surface area (TPSA) is 45.2 Å². The van der Waals surface area contributed by atoms with Gasteiger partial charge in [-0.25, -0.2) is 0 Å². The molecule has 112 valence electrons. The second kappa shape index (κ2) is 5.57. The fourth-order valence-corrected chi connectivity index (χ4v) is 2.89. The molecule has 4 rings (SSSR count). The molecule has 0 spiro atoms. The van der Waals surface area contributed by atoms with Crippen LogP contribution in [0.3, 0.4) is 0 Å². The maximum atomic E-state index is 13.1. The molecule has 0 fully saturated rings. The highest BCUT2D eigenvalue weighted by Gasteiger charge is 2.33. The molecular formula is C19H15N3O. The van der Waals surface area contributed by atoms with Crippen molar-refractivity contribution >= 4 is 17.3 Å². The zero-order valence-corrected chi connectivity index (χ0v) is 12.4. The summed E-state index contributed by atoms with van der Waals surface area (Å²) in [6.45, 7) is 0. The van der Waals surface area contributed by atoms with Gasteiger partial charge in [0.15, 0.2) is 0 Å². The van der Waals surface area contributed by atoms with Gasteiger partial charge in [-0.2, -0.15) is 0 Å². The van der Waals surface area contributed by atoms with Gasteiger partial charge in [-0.3, -0.25) is 14.7 Å². The van der Waals surface area contributed by atoms with Gasteiger partial charge in [0.05, 0.1) is 5.56 Å². The number of nitrogens with zero attached hydrogens (tertiary/aromatic N) is 2. The number of carbonyl (C=O) groups excluding carboxylic acids is 1. The van der Waals surface area contributed by atoms with Crippen LogP contribution in [0.5, 0.6) is 0 Å². The van der Waals surface area contributed by atoms with Crippen LogP contribution in [0.4, 0.5) is 11.4 Å². The van der Waals surface area contributed by atoms with Crippen molar-refractivity contribution in [3.05, 3.63) is 90.3 Å². The van der Waals surface area contributed by atoms with Crippen molar-refractivity contribution in [1.82, 2.24) is 4.98 Å². The van der Waals surface area contributed by atoms with Gasteiger partial charge >= 0.3 is 0 Å². The first kappa shape index (κ1) is 13.5. The zero-order valence-electron chi connectivity index (χ0n) is 12.4. The molecule has 4 heteroatoms. The minimum Gasteiger partial charge on any atom is -0.360 e. The van der Waals surface area contributed by atoms with Crippen LogP contribution in [0, 0.1) is 0 Å². The van der Waals surface area contributed by atoms with Crippen molar-refractivity contribution in [2.24, 2.45) is 0 Å². The fourth-order valence-electron chi connectivity index (χ4n) is 2.89. The van der Waals surface area contributed by atoms with E-state index in [0.29, 0.717) is 5.56 Å². The minimum absolute atomic E-state index is 0.00707. The number of carbonyl (C=O) groups is 1. The molecule has 1 aliphatic rings. The number of pyridine rings is 1. The van der Waals surface area contributed by atoms with Crippen molar-refractivity contribution in [3.8, 4) is 0 Å². The van der Waals surface area contributed by atoms with E-state index in [0.717, 1.165) is 16.9 Å². The van der Waals surface area contributed by atoms with Crippen LogP contribution in [0.1, 0.15) is 22.1 Å². The number of aromatic nitrogens is 1. The smallest absolute Gasteiger partial charge is 0.262 e. The fraction of sp³-hybridized carbons (Fsp3) is 0.0526. The van der Waals surface area contributed by atoms with Gasteiger partial charge in [0.25, 0.3) is 5.91 Å². The summed E-state index contributed by atoms with van der Waals surface area (Å²) >= 11 is 0. The molecule has 2 heterocycles. The van der Waals surface area contributed by atoms with E-state index in [1.54, 1.807) is 17.3 Å². The average molecular weight is 301 g/mol. The minimum atomic E-state index is -0.261. The van der Waals surface area contributed by atoms with Gasteiger partial charge < -0.3 is 5.32 Å². The van der Waals surface area contributed by atoms with Gasteiger partial charge in [-0.05, 0) is 42.0 Å². The molecule has 1 atom stereocenters. The summed E-state index contributed by atoms with van der Waals surface area (Å²) in [4.78, 5) is 18.9. The Morgan fingerprint density at radius 2 is 1.57 bits per heavy atom. The van der Waals surface area contributed by atoms with E-state index < -0.39 is 0 Å². The Morgan fingerprint density at radius 3 is 2.35 bits per heavy atom. The third-order valence-electron chi connectivity index (χ3n) is 3.98. The first-order valence-electron chi connectivity index (χ1n) is 7.49. The number of fused-ring (bicyclic) bond motifs is 1. The molecule has 1 N–H and O–H groups in total. The molecule has 1 aromatic heterocycles. The molecule has 3 aromatic rings. The Hall–Kier alpha value is -3.14. The number of hydrogen-bond donors (Lipinski definition) is 1. The van der Waals surface area contributed by atoms with E-state index in [2.05, 4.69) is 10.3 Å². The molecule has 0 saturated heterocycles. The summed E-state index contributed by atoms with van der Waals surface area (Å²) in [6.07, 6.45) is 3.22. The maximum absolute atomic E-state index is 13.1. The first-order chi connectivity index (χ1) is 11.3. The van der Waals surface area contributed by atoms with Crippen molar-refractivity contribution < 1.29 is 4.79 Å². The molecule has 2 aromatic carbocycles. The van der Waals surface area contributed by atoms with Crippen LogP contribution in [-0.4, -0.2) is 10.9 Å². The lowest BCUT2D eigenvalue weighted by molar-refractivity contribution is 0.0975. The van der Waals surface area contributed by atoms with E-state index in [-0.39, 0.29) is 12.1 Å². The van der Waals surface area contributed by atoms with E-state index >= 15 is 0 Å². The standard InChI is InChI=1S/C19H15N3O/c23-19-16-8-4-5-9-17(16)21-18(14-10-12-20-13-11-14)22(19)15-6-2-1-3-7-15/h1-13,18,21H/t18-/m0/s1. The van der Waals surface area contributed by atoms with E-state index in [9.17, 15) is 4.79 Å². The van der Waals surface area contributed by atoms with E-state index in [1.807, 2.05) is 66.7 Å². The average Bonchev–Trinajstić information content (AvgIpc) is 2.63. The second-order valence-electron chi connectivity index (χ2n) is 5.38. The number of para-hydroxylation sites is 2. The van der Waals surface area contributed by atoms with Gasteiger partial charge in [-0.1, -0.05) is 30.3 Å². The number of rotatable bonds is 2. The van der Waals surface area contributed by atoms with Crippen LogP contribution in [0.2, 0.25) is 0 Å². The molecule has 0 aliphatic carbocycles. The van der Waals surface area contributed by atoms with Gasteiger partial charge in [0.2, 0.25) is 0 Å².